The second kappa shape index (κ2) is 10.4. The van der Waals surface area contributed by atoms with Crippen molar-refractivity contribution in [3.05, 3.63) is 60.2 Å². The number of anilines is 1. The van der Waals surface area contributed by atoms with Crippen molar-refractivity contribution in [2.75, 3.05) is 32.1 Å². The fourth-order valence-electron chi connectivity index (χ4n) is 3.23. The van der Waals surface area contributed by atoms with Crippen LogP contribution in [0, 0.1) is 0 Å². The zero-order valence-corrected chi connectivity index (χ0v) is 17.4. The molecule has 1 heterocycles. The number of likely N-dealkylation sites (tertiary alicyclic amines) is 1. The highest BCUT2D eigenvalue weighted by atomic mass is 127. The van der Waals surface area contributed by atoms with Crippen molar-refractivity contribution in [1.29, 1.82) is 0 Å². The summed E-state index contributed by atoms with van der Waals surface area (Å²) < 4.78 is 5.38. The lowest BCUT2D eigenvalue weighted by molar-refractivity contribution is 0.251. The molecule has 0 bridgehead atoms. The molecule has 3 N–H and O–H groups in total. The SMILES string of the molecule is COc1cccc(C(CN=C(N)Nc2ccccc2)N2CCCC2)c1.I. The summed E-state index contributed by atoms with van der Waals surface area (Å²) >= 11 is 0. The van der Waals surface area contributed by atoms with E-state index < -0.39 is 0 Å². The number of ether oxygens (including phenoxy) is 1. The van der Waals surface area contributed by atoms with Gasteiger partial charge < -0.3 is 15.8 Å². The first-order valence-electron chi connectivity index (χ1n) is 8.76. The van der Waals surface area contributed by atoms with Crippen LogP contribution in [0.1, 0.15) is 24.4 Å². The summed E-state index contributed by atoms with van der Waals surface area (Å²) in [5.74, 6) is 1.32. The van der Waals surface area contributed by atoms with Crippen molar-refractivity contribution >= 4 is 35.6 Å². The van der Waals surface area contributed by atoms with Crippen LogP contribution in [-0.2, 0) is 0 Å². The number of para-hydroxylation sites is 1. The van der Waals surface area contributed by atoms with Crippen LogP contribution in [0.5, 0.6) is 5.75 Å². The highest BCUT2D eigenvalue weighted by molar-refractivity contribution is 14.0. The predicted molar refractivity (Wildman–Crippen MR) is 119 cm³/mol. The topological polar surface area (TPSA) is 62.9 Å². The average Bonchev–Trinajstić information content (AvgIpc) is 3.17. The van der Waals surface area contributed by atoms with Gasteiger partial charge in [-0.15, -0.1) is 24.0 Å². The van der Waals surface area contributed by atoms with Gasteiger partial charge in [-0.3, -0.25) is 9.89 Å². The summed E-state index contributed by atoms with van der Waals surface area (Å²) in [5.41, 5.74) is 8.25. The Morgan fingerprint density at radius 3 is 2.58 bits per heavy atom. The van der Waals surface area contributed by atoms with Crippen LogP contribution in [0.15, 0.2) is 59.6 Å². The van der Waals surface area contributed by atoms with Crippen LogP contribution in [-0.4, -0.2) is 37.6 Å². The molecule has 1 aliphatic rings. The molecule has 0 radical (unpaired) electrons. The Morgan fingerprint density at radius 2 is 1.88 bits per heavy atom. The van der Waals surface area contributed by atoms with Gasteiger partial charge in [0.15, 0.2) is 5.96 Å². The van der Waals surface area contributed by atoms with Crippen molar-refractivity contribution in [3.63, 3.8) is 0 Å². The smallest absolute Gasteiger partial charge is 0.193 e. The zero-order valence-electron chi connectivity index (χ0n) is 15.1. The number of halogens is 1. The van der Waals surface area contributed by atoms with Crippen molar-refractivity contribution in [1.82, 2.24) is 4.90 Å². The second-order valence-corrected chi connectivity index (χ2v) is 6.25. The Bertz CT molecular complexity index is 702. The van der Waals surface area contributed by atoms with E-state index in [2.05, 4.69) is 27.3 Å². The summed E-state index contributed by atoms with van der Waals surface area (Å²) in [7, 11) is 1.70. The van der Waals surface area contributed by atoms with Gasteiger partial charge in [0.1, 0.15) is 5.75 Å². The second-order valence-electron chi connectivity index (χ2n) is 6.25. The van der Waals surface area contributed by atoms with Gasteiger partial charge in [-0.1, -0.05) is 30.3 Å². The number of guanidine groups is 1. The third-order valence-electron chi connectivity index (χ3n) is 4.54. The number of hydrogen-bond acceptors (Lipinski definition) is 3. The lowest BCUT2D eigenvalue weighted by atomic mass is 10.1. The molecule has 2 aromatic rings. The minimum absolute atomic E-state index is 0. The van der Waals surface area contributed by atoms with E-state index in [1.807, 2.05) is 42.5 Å². The van der Waals surface area contributed by atoms with Gasteiger partial charge in [0.2, 0.25) is 0 Å². The molecular formula is C20H27IN4O. The third-order valence-corrected chi connectivity index (χ3v) is 4.54. The lowest BCUT2D eigenvalue weighted by Crippen LogP contribution is -2.30. The number of nitrogens with two attached hydrogens (primary N) is 1. The first-order valence-corrected chi connectivity index (χ1v) is 8.76. The Hall–Kier alpha value is -1.80. The van der Waals surface area contributed by atoms with E-state index in [9.17, 15) is 0 Å². The normalized spacial score (nSPS) is 16.0. The quantitative estimate of drug-likeness (QED) is 0.386. The molecule has 1 atom stereocenters. The van der Waals surface area contributed by atoms with E-state index in [1.165, 1.54) is 18.4 Å². The minimum Gasteiger partial charge on any atom is -0.497 e. The minimum atomic E-state index is 0. The number of aliphatic imine (C=N–C) groups is 1. The molecule has 1 aliphatic heterocycles. The van der Waals surface area contributed by atoms with Gasteiger partial charge in [-0.05, 0) is 55.8 Å². The summed E-state index contributed by atoms with van der Waals surface area (Å²) in [6.07, 6.45) is 2.48. The Labute approximate surface area is 172 Å². The maximum absolute atomic E-state index is 6.08. The zero-order chi connectivity index (χ0) is 17.5. The maximum atomic E-state index is 6.08. The Balaban J connectivity index is 0.00000243. The summed E-state index contributed by atoms with van der Waals surface area (Å²) in [5, 5.41) is 3.15. The van der Waals surface area contributed by atoms with Crippen molar-refractivity contribution in [2.45, 2.75) is 18.9 Å². The van der Waals surface area contributed by atoms with E-state index in [4.69, 9.17) is 10.5 Å². The van der Waals surface area contributed by atoms with E-state index in [0.717, 1.165) is 24.5 Å². The summed E-state index contributed by atoms with van der Waals surface area (Å²) in [4.78, 5) is 7.08. The molecule has 1 unspecified atom stereocenters. The van der Waals surface area contributed by atoms with E-state index >= 15 is 0 Å². The van der Waals surface area contributed by atoms with Gasteiger partial charge in [0.05, 0.1) is 19.7 Å². The van der Waals surface area contributed by atoms with Gasteiger partial charge in [0, 0.05) is 5.69 Å². The molecule has 0 saturated carbocycles. The highest BCUT2D eigenvalue weighted by Gasteiger charge is 2.23. The van der Waals surface area contributed by atoms with Crippen molar-refractivity contribution < 1.29 is 4.74 Å². The van der Waals surface area contributed by atoms with Crippen LogP contribution in [0.25, 0.3) is 0 Å². The molecule has 5 nitrogen and oxygen atoms in total. The molecule has 140 valence electrons. The average molecular weight is 466 g/mol. The van der Waals surface area contributed by atoms with Crippen LogP contribution < -0.4 is 15.8 Å². The third kappa shape index (κ3) is 5.60. The van der Waals surface area contributed by atoms with Gasteiger partial charge in [0.25, 0.3) is 0 Å². The fourth-order valence-corrected chi connectivity index (χ4v) is 3.23. The van der Waals surface area contributed by atoms with Crippen molar-refractivity contribution in [2.24, 2.45) is 10.7 Å². The largest absolute Gasteiger partial charge is 0.497 e. The van der Waals surface area contributed by atoms with Crippen LogP contribution >= 0.6 is 24.0 Å². The molecule has 6 heteroatoms. The van der Waals surface area contributed by atoms with Crippen LogP contribution in [0.2, 0.25) is 0 Å². The molecule has 2 aromatic carbocycles. The standard InChI is InChI=1S/C20H26N4O.HI/c1-25-18-11-7-8-16(14-18)19(24-12-5-6-13-24)15-22-20(21)23-17-9-3-2-4-10-17;/h2-4,7-11,14,19H,5-6,12-13,15H2,1H3,(H3,21,22,23);1H. The summed E-state index contributed by atoms with van der Waals surface area (Å²) in [6.45, 7) is 2.83. The maximum Gasteiger partial charge on any atom is 0.193 e. The van der Waals surface area contributed by atoms with Gasteiger partial charge >= 0.3 is 0 Å². The molecule has 0 aromatic heterocycles. The molecule has 1 saturated heterocycles. The first kappa shape index (κ1) is 20.5. The lowest BCUT2D eigenvalue weighted by Gasteiger charge is -2.27. The van der Waals surface area contributed by atoms with Crippen LogP contribution in [0.3, 0.4) is 0 Å². The number of methoxy groups -OCH3 is 1. The molecule has 26 heavy (non-hydrogen) atoms. The van der Waals surface area contributed by atoms with E-state index in [1.54, 1.807) is 7.11 Å². The molecular weight excluding hydrogens is 439 g/mol. The van der Waals surface area contributed by atoms with Gasteiger partial charge in [-0.25, -0.2) is 0 Å². The molecule has 0 aliphatic carbocycles. The first-order chi connectivity index (χ1) is 12.3. The monoisotopic (exact) mass is 466 g/mol. The predicted octanol–water partition coefficient (Wildman–Crippen LogP) is 3.88. The highest BCUT2D eigenvalue weighted by Crippen LogP contribution is 2.27. The Kier molecular flexibility index (Phi) is 8.18. The molecule has 1 fully saturated rings. The summed E-state index contributed by atoms with van der Waals surface area (Å²) in [6, 6.07) is 18.3. The van der Waals surface area contributed by atoms with Gasteiger partial charge in [-0.2, -0.15) is 0 Å². The van der Waals surface area contributed by atoms with E-state index in [-0.39, 0.29) is 30.0 Å². The molecule has 0 amide bonds. The Morgan fingerprint density at radius 1 is 1.15 bits per heavy atom. The fraction of sp³-hybridized carbons (Fsp3) is 0.350. The molecule has 0 spiro atoms. The van der Waals surface area contributed by atoms with E-state index in [0.29, 0.717) is 12.5 Å². The number of nitrogens with one attached hydrogen (secondary N) is 1. The number of rotatable bonds is 6. The number of nitrogens with zero attached hydrogens (tertiary/aromatic N) is 2. The van der Waals surface area contributed by atoms with Crippen LogP contribution in [0.4, 0.5) is 5.69 Å². The number of hydrogen-bond donors (Lipinski definition) is 2. The number of benzene rings is 2. The van der Waals surface area contributed by atoms with Crippen molar-refractivity contribution in [3.8, 4) is 5.75 Å². The molecule has 3 rings (SSSR count).